The molecule has 3 nitrogen and oxygen atoms in total. The van der Waals surface area contributed by atoms with E-state index in [-0.39, 0.29) is 11.3 Å². The molecule has 1 heterocycles. The Bertz CT molecular complexity index is 572. The lowest BCUT2D eigenvalue weighted by atomic mass is 10.2. The molecular formula is C11H8F3NO2. The Morgan fingerprint density at radius 2 is 2.06 bits per heavy atom. The van der Waals surface area contributed by atoms with Gasteiger partial charge in [0.1, 0.15) is 5.76 Å². The van der Waals surface area contributed by atoms with Crippen LogP contribution in [0.25, 0.3) is 11.0 Å². The molecule has 2 aromatic rings. The summed E-state index contributed by atoms with van der Waals surface area (Å²) in [5.41, 5.74) is 0.250. The van der Waals surface area contributed by atoms with Gasteiger partial charge in [-0.25, -0.2) is 0 Å². The molecule has 0 saturated heterocycles. The molecule has 6 heteroatoms. The van der Waals surface area contributed by atoms with E-state index in [4.69, 9.17) is 4.42 Å². The zero-order chi connectivity index (χ0) is 12.6. The van der Waals surface area contributed by atoms with Crippen molar-refractivity contribution in [3.05, 3.63) is 30.0 Å². The lowest BCUT2D eigenvalue weighted by molar-refractivity contribution is -0.167. The summed E-state index contributed by atoms with van der Waals surface area (Å²) in [6.45, 7) is 1.68. The number of furan rings is 1. The van der Waals surface area contributed by atoms with Crippen LogP contribution in [0, 0.1) is 6.92 Å². The molecule has 1 aromatic heterocycles. The average molecular weight is 243 g/mol. The second-order valence-corrected chi connectivity index (χ2v) is 3.53. The molecule has 2 rings (SSSR count). The third-order valence-corrected chi connectivity index (χ3v) is 2.17. The van der Waals surface area contributed by atoms with E-state index >= 15 is 0 Å². The third kappa shape index (κ3) is 2.25. The number of carbonyl (C=O) groups excluding carboxylic acids is 1. The normalized spacial score (nSPS) is 11.8. The maximum atomic E-state index is 12.1. The molecule has 0 spiro atoms. The van der Waals surface area contributed by atoms with Crippen LogP contribution in [0.2, 0.25) is 0 Å². The van der Waals surface area contributed by atoms with Crippen molar-refractivity contribution in [3.63, 3.8) is 0 Å². The Morgan fingerprint density at radius 1 is 1.35 bits per heavy atom. The molecule has 0 unspecified atom stereocenters. The quantitative estimate of drug-likeness (QED) is 0.835. The van der Waals surface area contributed by atoms with Gasteiger partial charge < -0.3 is 9.73 Å². The number of halogens is 3. The minimum absolute atomic E-state index is 0.0120. The number of amides is 1. The first-order chi connectivity index (χ1) is 7.88. The molecule has 17 heavy (non-hydrogen) atoms. The van der Waals surface area contributed by atoms with Gasteiger partial charge in [0.05, 0.1) is 5.69 Å². The van der Waals surface area contributed by atoms with Crippen LogP contribution in [0.3, 0.4) is 0 Å². The maximum Gasteiger partial charge on any atom is 0.471 e. The summed E-state index contributed by atoms with van der Waals surface area (Å²) in [5, 5.41) is 2.42. The van der Waals surface area contributed by atoms with Gasteiger partial charge in [0.15, 0.2) is 5.58 Å². The Kier molecular flexibility index (Phi) is 2.57. The smallest absolute Gasteiger partial charge is 0.459 e. The highest BCUT2D eigenvalue weighted by molar-refractivity contribution is 6.01. The second kappa shape index (κ2) is 3.80. The van der Waals surface area contributed by atoms with E-state index in [1.165, 1.54) is 6.07 Å². The first-order valence-electron chi connectivity index (χ1n) is 4.75. The van der Waals surface area contributed by atoms with Gasteiger partial charge in [0, 0.05) is 5.39 Å². The zero-order valence-corrected chi connectivity index (χ0v) is 8.76. The van der Waals surface area contributed by atoms with E-state index < -0.39 is 12.1 Å². The Labute approximate surface area is 94.2 Å². The van der Waals surface area contributed by atoms with Crippen molar-refractivity contribution in [1.29, 1.82) is 0 Å². The number of hydrogen-bond acceptors (Lipinski definition) is 2. The Hall–Kier alpha value is -1.98. The number of benzene rings is 1. The van der Waals surface area contributed by atoms with Crippen LogP contribution in [-0.2, 0) is 4.79 Å². The Morgan fingerprint density at radius 3 is 2.71 bits per heavy atom. The van der Waals surface area contributed by atoms with Crippen LogP contribution >= 0.6 is 0 Å². The first kappa shape index (κ1) is 11.5. The molecular weight excluding hydrogens is 235 g/mol. The third-order valence-electron chi connectivity index (χ3n) is 2.17. The summed E-state index contributed by atoms with van der Waals surface area (Å²) < 4.78 is 41.5. The standard InChI is InChI=1S/C11H8F3NO2/c1-6-5-7-3-2-4-8(9(7)17-6)15-10(16)11(12,13)14/h2-5H,1H3,(H,15,16). The highest BCUT2D eigenvalue weighted by Gasteiger charge is 2.39. The minimum Gasteiger partial charge on any atom is -0.459 e. The predicted molar refractivity (Wildman–Crippen MR) is 55.6 cm³/mol. The zero-order valence-electron chi connectivity index (χ0n) is 8.76. The van der Waals surface area contributed by atoms with E-state index in [9.17, 15) is 18.0 Å². The first-order valence-corrected chi connectivity index (χ1v) is 4.75. The van der Waals surface area contributed by atoms with Gasteiger partial charge in [0.25, 0.3) is 0 Å². The molecule has 1 N–H and O–H groups in total. The van der Waals surface area contributed by atoms with Crippen molar-refractivity contribution in [2.45, 2.75) is 13.1 Å². The van der Waals surface area contributed by atoms with Crippen LogP contribution in [-0.4, -0.2) is 12.1 Å². The number of hydrogen-bond donors (Lipinski definition) is 1. The monoisotopic (exact) mass is 243 g/mol. The maximum absolute atomic E-state index is 12.1. The van der Waals surface area contributed by atoms with E-state index in [0.29, 0.717) is 11.1 Å². The fraction of sp³-hybridized carbons (Fsp3) is 0.182. The van der Waals surface area contributed by atoms with E-state index in [1.54, 1.807) is 30.4 Å². The molecule has 0 aliphatic rings. The summed E-state index contributed by atoms with van der Waals surface area (Å²) in [4.78, 5) is 10.8. The van der Waals surface area contributed by atoms with Crippen LogP contribution in [0.1, 0.15) is 5.76 Å². The number of anilines is 1. The summed E-state index contributed by atoms with van der Waals surface area (Å²) in [5.74, 6) is -1.45. The molecule has 1 amide bonds. The summed E-state index contributed by atoms with van der Waals surface area (Å²) >= 11 is 0. The van der Waals surface area contributed by atoms with Gasteiger partial charge in [-0.1, -0.05) is 12.1 Å². The topological polar surface area (TPSA) is 42.2 Å². The molecule has 0 aliphatic carbocycles. The number of nitrogens with one attached hydrogen (secondary N) is 1. The molecule has 1 aromatic carbocycles. The van der Waals surface area contributed by atoms with Crippen LogP contribution < -0.4 is 5.32 Å². The molecule has 0 atom stereocenters. The van der Waals surface area contributed by atoms with Crippen molar-refractivity contribution in [2.24, 2.45) is 0 Å². The number of para-hydroxylation sites is 1. The Balaban J connectivity index is 2.39. The van der Waals surface area contributed by atoms with Gasteiger partial charge in [-0.3, -0.25) is 4.79 Å². The van der Waals surface area contributed by atoms with Crippen molar-refractivity contribution < 1.29 is 22.4 Å². The van der Waals surface area contributed by atoms with Gasteiger partial charge in [-0.15, -0.1) is 0 Å². The molecule has 0 aliphatic heterocycles. The number of fused-ring (bicyclic) bond motifs is 1. The SMILES string of the molecule is Cc1cc2cccc(NC(=O)C(F)(F)F)c2o1. The van der Waals surface area contributed by atoms with Gasteiger partial charge >= 0.3 is 12.1 Å². The van der Waals surface area contributed by atoms with Gasteiger partial charge in [0.2, 0.25) is 0 Å². The van der Waals surface area contributed by atoms with Crippen molar-refractivity contribution in [2.75, 3.05) is 5.32 Å². The fourth-order valence-corrected chi connectivity index (χ4v) is 1.48. The number of carbonyl (C=O) groups is 1. The number of alkyl halides is 3. The van der Waals surface area contributed by atoms with Gasteiger partial charge in [-0.2, -0.15) is 13.2 Å². The lowest BCUT2D eigenvalue weighted by Gasteiger charge is -2.07. The van der Waals surface area contributed by atoms with Crippen LogP contribution in [0.5, 0.6) is 0 Å². The summed E-state index contributed by atoms with van der Waals surface area (Å²) in [7, 11) is 0. The van der Waals surface area contributed by atoms with Crippen molar-refractivity contribution >= 4 is 22.6 Å². The average Bonchev–Trinajstić information content (AvgIpc) is 2.58. The predicted octanol–water partition coefficient (Wildman–Crippen LogP) is 3.24. The highest BCUT2D eigenvalue weighted by Crippen LogP contribution is 2.28. The van der Waals surface area contributed by atoms with E-state index in [1.807, 2.05) is 0 Å². The van der Waals surface area contributed by atoms with E-state index in [0.717, 1.165) is 0 Å². The molecule has 0 fully saturated rings. The summed E-state index contributed by atoms with van der Waals surface area (Å²) in [6, 6.07) is 6.27. The highest BCUT2D eigenvalue weighted by atomic mass is 19.4. The van der Waals surface area contributed by atoms with Crippen molar-refractivity contribution in [1.82, 2.24) is 0 Å². The van der Waals surface area contributed by atoms with Crippen LogP contribution in [0.15, 0.2) is 28.7 Å². The lowest BCUT2D eigenvalue weighted by Crippen LogP contribution is -2.29. The molecule has 90 valence electrons. The van der Waals surface area contributed by atoms with E-state index in [2.05, 4.69) is 0 Å². The summed E-state index contributed by atoms with van der Waals surface area (Å²) in [6.07, 6.45) is -4.91. The molecule has 0 bridgehead atoms. The van der Waals surface area contributed by atoms with Crippen molar-refractivity contribution in [3.8, 4) is 0 Å². The van der Waals surface area contributed by atoms with Gasteiger partial charge in [-0.05, 0) is 19.1 Å². The molecule has 0 saturated carbocycles. The largest absolute Gasteiger partial charge is 0.471 e. The second-order valence-electron chi connectivity index (χ2n) is 3.53. The fourth-order valence-electron chi connectivity index (χ4n) is 1.48. The number of aryl methyl sites for hydroxylation is 1. The van der Waals surface area contributed by atoms with Crippen LogP contribution in [0.4, 0.5) is 18.9 Å². The number of rotatable bonds is 1. The minimum atomic E-state index is -4.91. The molecule has 0 radical (unpaired) electrons.